The molecular weight excluding hydrogens is 226 g/mol. The number of amides is 1. The van der Waals surface area contributed by atoms with Gasteiger partial charge >= 0.3 is 0 Å². The van der Waals surface area contributed by atoms with E-state index in [9.17, 15) is 4.79 Å². The van der Waals surface area contributed by atoms with Crippen molar-refractivity contribution in [1.82, 2.24) is 0 Å². The Morgan fingerprint density at radius 2 is 2.06 bits per heavy atom. The van der Waals surface area contributed by atoms with E-state index in [0.717, 1.165) is 37.1 Å². The van der Waals surface area contributed by atoms with Crippen LogP contribution < -0.4 is 9.64 Å². The number of rotatable bonds is 4. The summed E-state index contributed by atoms with van der Waals surface area (Å²) >= 11 is 0. The van der Waals surface area contributed by atoms with Crippen LogP contribution in [0.3, 0.4) is 0 Å². The number of nitrogens with zero attached hydrogens (tertiary/aromatic N) is 1. The molecule has 98 valence electrons. The molecule has 2 rings (SSSR count). The third-order valence-corrected chi connectivity index (χ3v) is 3.53. The van der Waals surface area contributed by atoms with E-state index < -0.39 is 0 Å². The van der Waals surface area contributed by atoms with Crippen molar-refractivity contribution in [1.29, 1.82) is 0 Å². The molecule has 0 bridgehead atoms. The van der Waals surface area contributed by atoms with Crippen molar-refractivity contribution in [3.63, 3.8) is 0 Å². The summed E-state index contributed by atoms with van der Waals surface area (Å²) in [5.41, 5.74) is 0.999. The zero-order valence-electron chi connectivity index (χ0n) is 11.2. The van der Waals surface area contributed by atoms with Gasteiger partial charge in [0.05, 0.1) is 7.11 Å². The molecule has 3 nitrogen and oxygen atoms in total. The molecule has 1 aliphatic rings. The maximum Gasteiger partial charge on any atom is 0.227 e. The van der Waals surface area contributed by atoms with Crippen LogP contribution in [-0.4, -0.2) is 19.1 Å². The zero-order chi connectivity index (χ0) is 13.0. The van der Waals surface area contributed by atoms with E-state index in [4.69, 9.17) is 4.74 Å². The fraction of sp³-hybridized carbons (Fsp3) is 0.533. The van der Waals surface area contributed by atoms with Crippen molar-refractivity contribution in [3.05, 3.63) is 24.3 Å². The van der Waals surface area contributed by atoms with Crippen LogP contribution in [0.25, 0.3) is 0 Å². The van der Waals surface area contributed by atoms with Crippen LogP contribution >= 0.6 is 0 Å². The second-order valence-electron chi connectivity index (χ2n) is 4.80. The largest absolute Gasteiger partial charge is 0.497 e. The van der Waals surface area contributed by atoms with Gasteiger partial charge in [-0.25, -0.2) is 0 Å². The predicted molar refractivity (Wildman–Crippen MR) is 73.0 cm³/mol. The van der Waals surface area contributed by atoms with Crippen molar-refractivity contribution in [3.8, 4) is 5.75 Å². The van der Waals surface area contributed by atoms with Crippen LogP contribution in [0.15, 0.2) is 24.3 Å². The maximum absolute atomic E-state index is 12.1. The fourth-order valence-electron chi connectivity index (χ4n) is 2.65. The smallest absolute Gasteiger partial charge is 0.227 e. The molecule has 0 unspecified atom stereocenters. The minimum absolute atomic E-state index is 0.255. The van der Waals surface area contributed by atoms with E-state index in [2.05, 4.69) is 6.92 Å². The van der Waals surface area contributed by atoms with Gasteiger partial charge in [0.1, 0.15) is 5.75 Å². The van der Waals surface area contributed by atoms with E-state index in [1.807, 2.05) is 29.2 Å². The molecule has 1 aromatic rings. The standard InChI is InChI=1S/C15H21NO2/c1-3-5-12-6-4-7-15(17)16(12)13-8-10-14(18-2)11-9-13/h8-12H,3-7H2,1-2H3/t12-/m1/s1. The predicted octanol–water partition coefficient (Wildman–Crippen LogP) is 3.38. The monoisotopic (exact) mass is 247 g/mol. The Balaban J connectivity index is 2.22. The van der Waals surface area contributed by atoms with Gasteiger partial charge in [-0.3, -0.25) is 4.79 Å². The Labute approximate surface area is 109 Å². The Bertz CT molecular complexity index is 397. The van der Waals surface area contributed by atoms with Crippen molar-refractivity contribution in [2.24, 2.45) is 0 Å². The Morgan fingerprint density at radius 1 is 1.33 bits per heavy atom. The highest BCUT2D eigenvalue weighted by Gasteiger charge is 2.28. The number of ether oxygens (including phenoxy) is 1. The lowest BCUT2D eigenvalue weighted by Crippen LogP contribution is -2.43. The summed E-state index contributed by atoms with van der Waals surface area (Å²) in [5.74, 6) is 1.08. The van der Waals surface area contributed by atoms with E-state index in [1.54, 1.807) is 7.11 Å². The highest BCUT2D eigenvalue weighted by molar-refractivity contribution is 5.94. The second kappa shape index (κ2) is 5.89. The summed E-state index contributed by atoms with van der Waals surface area (Å²) in [7, 11) is 1.65. The number of carbonyl (C=O) groups is 1. The molecule has 1 fully saturated rings. The number of benzene rings is 1. The van der Waals surface area contributed by atoms with E-state index in [0.29, 0.717) is 12.5 Å². The highest BCUT2D eigenvalue weighted by Crippen LogP contribution is 2.29. The van der Waals surface area contributed by atoms with Gasteiger partial charge in [-0.2, -0.15) is 0 Å². The maximum atomic E-state index is 12.1. The van der Waals surface area contributed by atoms with Crippen LogP contribution in [0.1, 0.15) is 39.0 Å². The highest BCUT2D eigenvalue weighted by atomic mass is 16.5. The van der Waals surface area contributed by atoms with Crippen LogP contribution in [-0.2, 0) is 4.79 Å². The molecule has 1 aromatic carbocycles. The second-order valence-corrected chi connectivity index (χ2v) is 4.80. The summed E-state index contributed by atoms with van der Waals surface area (Å²) in [6.45, 7) is 2.17. The third-order valence-electron chi connectivity index (χ3n) is 3.53. The van der Waals surface area contributed by atoms with Crippen LogP contribution in [0.4, 0.5) is 5.69 Å². The Morgan fingerprint density at radius 3 is 2.67 bits per heavy atom. The van der Waals surface area contributed by atoms with Gasteiger partial charge in [0.15, 0.2) is 0 Å². The van der Waals surface area contributed by atoms with Crippen LogP contribution in [0.5, 0.6) is 5.75 Å². The van der Waals surface area contributed by atoms with Crippen LogP contribution in [0, 0.1) is 0 Å². The summed E-state index contributed by atoms with van der Waals surface area (Å²) < 4.78 is 5.15. The van der Waals surface area contributed by atoms with E-state index >= 15 is 0 Å². The molecule has 0 saturated carbocycles. The first-order valence-electron chi connectivity index (χ1n) is 6.72. The number of hydrogen-bond donors (Lipinski definition) is 0. The Hall–Kier alpha value is -1.51. The summed E-state index contributed by atoms with van der Waals surface area (Å²) in [4.78, 5) is 14.1. The van der Waals surface area contributed by atoms with Crippen molar-refractivity contribution >= 4 is 11.6 Å². The third kappa shape index (κ3) is 2.66. The minimum atomic E-state index is 0.255. The molecule has 3 heteroatoms. The molecular formula is C15H21NO2. The fourth-order valence-corrected chi connectivity index (χ4v) is 2.65. The summed E-state index contributed by atoms with van der Waals surface area (Å²) in [6, 6.07) is 8.15. The van der Waals surface area contributed by atoms with Crippen molar-refractivity contribution in [2.45, 2.75) is 45.1 Å². The molecule has 0 aromatic heterocycles. The number of anilines is 1. The molecule has 0 aliphatic carbocycles. The number of methoxy groups -OCH3 is 1. The van der Waals surface area contributed by atoms with Gasteiger partial charge in [-0.1, -0.05) is 13.3 Å². The lowest BCUT2D eigenvalue weighted by atomic mass is 9.97. The number of carbonyl (C=O) groups excluding carboxylic acids is 1. The van der Waals surface area contributed by atoms with E-state index in [-0.39, 0.29) is 5.91 Å². The average molecular weight is 247 g/mol. The van der Waals surface area contributed by atoms with Gasteiger partial charge in [0.2, 0.25) is 5.91 Å². The van der Waals surface area contributed by atoms with Gasteiger partial charge in [0.25, 0.3) is 0 Å². The quantitative estimate of drug-likeness (QED) is 0.816. The van der Waals surface area contributed by atoms with Crippen molar-refractivity contribution < 1.29 is 9.53 Å². The van der Waals surface area contributed by atoms with Crippen molar-refractivity contribution in [2.75, 3.05) is 12.0 Å². The molecule has 1 aliphatic heterocycles. The van der Waals surface area contributed by atoms with E-state index in [1.165, 1.54) is 0 Å². The molecule has 18 heavy (non-hydrogen) atoms. The van der Waals surface area contributed by atoms with Crippen LogP contribution in [0.2, 0.25) is 0 Å². The minimum Gasteiger partial charge on any atom is -0.497 e. The lowest BCUT2D eigenvalue weighted by molar-refractivity contribution is -0.120. The average Bonchev–Trinajstić information content (AvgIpc) is 2.40. The van der Waals surface area contributed by atoms with Gasteiger partial charge < -0.3 is 9.64 Å². The molecule has 1 saturated heterocycles. The summed E-state index contributed by atoms with van der Waals surface area (Å²) in [6.07, 6.45) is 5.01. The van der Waals surface area contributed by atoms with Gasteiger partial charge in [-0.15, -0.1) is 0 Å². The SMILES string of the molecule is CCC[C@@H]1CCCC(=O)N1c1ccc(OC)cc1. The lowest BCUT2D eigenvalue weighted by Gasteiger charge is -2.35. The van der Waals surface area contributed by atoms with Gasteiger partial charge in [0, 0.05) is 18.2 Å². The normalized spacial score (nSPS) is 20.0. The van der Waals surface area contributed by atoms with Gasteiger partial charge in [-0.05, 0) is 43.5 Å². The zero-order valence-corrected chi connectivity index (χ0v) is 11.2. The first kappa shape index (κ1) is 12.9. The first-order chi connectivity index (χ1) is 8.76. The first-order valence-corrected chi connectivity index (χ1v) is 6.72. The molecule has 0 spiro atoms. The molecule has 0 radical (unpaired) electrons. The molecule has 1 amide bonds. The molecule has 0 N–H and O–H groups in total. The summed E-state index contributed by atoms with van der Waals surface area (Å²) in [5, 5.41) is 0. The Kier molecular flexibility index (Phi) is 4.24. The topological polar surface area (TPSA) is 29.5 Å². The molecule has 1 atom stereocenters. The number of hydrogen-bond acceptors (Lipinski definition) is 2. The number of piperidine rings is 1. The molecule has 1 heterocycles.